The van der Waals surface area contributed by atoms with Gasteiger partial charge in [0.2, 0.25) is 0 Å². The van der Waals surface area contributed by atoms with Crippen LogP contribution in [0, 0.1) is 5.82 Å². The van der Waals surface area contributed by atoms with Gasteiger partial charge in [-0.15, -0.1) is 0 Å². The second-order valence-corrected chi connectivity index (χ2v) is 4.91. The van der Waals surface area contributed by atoms with Crippen molar-refractivity contribution in [3.05, 3.63) is 11.9 Å². The Kier molecular flexibility index (Phi) is 2.32. The van der Waals surface area contributed by atoms with Crippen molar-refractivity contribution in [1.82, 2.24) is 4.98 Å². The van der Waals surface area contributed by atoms with Crippen molar-refractivity contribution in [1.29, 1.82) is 0 Å². The molecule has 1 aliphatic rings. The number of thiazole rings is 1. The summed E-state index contributed by atoms with van der Waals surface area (Å²) in [7, 11) is 0. The predicted octanol–water partition coefficient (Wildman–Crippen LogP) is 2.57. The van der Waals surface area contributed by atoms with Crippen molar-refractivity contribution >= 4 is 26.7 Å². The molecule has 17 heavy (non-hydrogen) atoms. The van der Waals surface area contributed by atoms with E-state index < -0.39 is 5.82 Å². The predicted molar refractivity (Wildman–Crippen MR) is 64.2 cm³/mol. The molecule has 1 aliphatic heterocycles. The summed E-state index contributed by atoms with van der Waals surface area (Å²) < 4.78 is 25.7. The Morgan fingerprint density at radius 2 is 2.47 bits per heavy atom. The molecule has 6 heteroatoms. The van der Waals surface area contributed by atoms with Gasteiger partial charge in [-0.2, -0.15) is 0 Å². The molecule has 0 fully saturated rings. The molecular formula is C11H11FN2O2S. The van der Waals surface area contributed by atoms with Crippen molar-refractivity contribution in [2.45, 2.75) is 19.4 Å². The fourth-order valence-electron chi connectivity index (χ4n) is 1.83. The molecule has 0 spiro atoms. The van der Waals surface area contributed by atoms with Gasteiger partial charge >= 0.3 is 0 Å². The van der Waals surface area contributed by atoms with Gasteiger partial charge in [0.15, 0.2) is 22.4 Å². The number of rotatable bonds is 1. The van der Waals surface area contributed by atoms with Gasteiger partial charge in [-0.25, -0.2) is 9.37 Å². The van der Waals surface area contributed by atoms with Crippen LogP contribution in [0.15, 0.2) is 6.07 Å². The van der Waals surface area contributed by atoms with Gasteiger partial charge in [0.05, 0.1) is 0 Å². The summed E-state index contributed by atoms with van der Waals surface area (Å²) in [5.41, 5.74) is 5.84. The minimum Gasteiger partial charge on any atom is -0.484 e. The molecule has 2 heterocycles. The van der Waals surface area contributed by atoms with Crippen LogP contribution in [0.4, 0.5) is 9.52 Å². The van der Waals surface area contributed by atoms with E-state index in [1.54, 1.807) is 0 Å². The van der Waals surface area contributed by atoms with Crippen molar-refractivity contribution in [2.24, 2.45) is 0 Å². The van der Waals surface area contributed by atoms with E-state index in [0.717, 1.165) is 6.42 Å². The number of nitrogen functional groups attached to an aromatic ring is 1. The summed E-state index contributed by atoms with van der Waals surface area (Å²) in [5, 5.41) is 0.327. The fourth-order valence-corrected chi connectivity index (χ4v) is 2.67. The van der Waals surface area contributed by atoms with Gasteiger partial charge in [-0.3, -0.25) is 0 Å². The highest BCUT2D eigenvalue weighted by molar-refractivity contribution is 7.22. The summed E-state index contributed by atoms with van der Waals surface area (Å²) in [6.07, 6.45) is 0.800. The Morgan fingerprint density at radius 3 is 3.24 bits per heavy atom. The van der Waals surface area contributed by atoms with E-state index in [9.17, 15) is 4.39 Å². The van der Waals surface area contributed by atoms with Crippen LogP contribution in [0.2, 0.25) is 0 Å². The molecule has 3 rings (SSSR count). The number of aromatic nitrogens is 1. The first kappa shape index (κ1) is 10.6. The molecule has 90 valence electrons. The zero-order valence-corrected chi connectivity index (χ0v) is 10.0. The zero-order valence-electron chi connectivity index (χ0n) is 9.20. The molecule has 1 aromatic carbocycles. The quantitative estimate of drug-likeness (QED) is 0.849. The van der Waals surface area contributed by atoms with Crippen LogP contribution in [0.25, 0.3) is 10.2 Å². The van der Waals surface area contributed by atoms with E-state index in [2.05, 4.69) is 4.98 Å². The van der Waals surface area contributed by atoms with Crippen LogP contribution in [0.1, 0.15) is 13.3 Å². The monoisotopic (exact) mass is 254 g/mol. The lowest BCUT2D eigenvalue weighted by Gasteiger charge is -2.25. The van der Waals surface area contributed by atoms with E-state index >= 15 is 0 Å². The summed E-state index contributed by atoms with van der Waals surface area (Å²) in [6.45, 7) is 2.47. The van der Waals surface area contributed by atoms with Gasteiger partial charge in [-0.1, -0.05) is 18.3 Å². The molecule has 0 radical (unpaired) electrons. The molecule has 4 nitrogen and oxygen atoms in total. The Morgan fingerprint density at radius 1 is 1.65 bits per heavy atom. The summed E-state index contributed by atoms with van der Waals surface area (Å²) in [4.78, 5) is 3.95. The molecule has 1 atom stereocenters. The molecule has 0 amide bonds. The van der Waals surface area contributed by atoms with Gasteiger partial charge in [0.1, 0.15) is 22.9 Å². The lowest BCUT2D eigenvalue weighted by atomic mass is 10.2. The van der Waals surface area contributed by atoms with Gasteiger partial charge in [0, 0.05) is 6.07 Å². The molecular weight excluding hydrogens is 243 g/mol. The van der Waals surface area contributed by atoms with E-state index in [0.29, 0.717) is 27.9 Å². The largest absolute Gasteiger partial charge is 0.484 e. The average Bonchev–Trinajstić information content (AvgIpc) is 2.71. The zero-order chi connectivity index (χ0) is 12.0. The van der Waals surface area contributed by atoms with Crippen molar-refractivity contribution in [3.63, 3.8) is 0 Å². The van der Waals surface area contributed by atoms with E-state index in [1.807, 2.05) is 6.92 Å². The second kappa shape index (κ2) is 3.73. The molecule has 0 saturated carbocycles. The molecule has 1 aromatic heterocycles. The summed E-state index contributed by atoms with van der Waals surface area (Å²) in [6, 6.07) is 1.32. The number of halogens is 1. The lowest BCUT2D eigenvalue weighted by Crippen LogP contribution is -2.28. The van der Waals surface area contributed by atoms with Crippen molar-refractivity contribution in [2.75, 3.05) is 12.3 Å². The SMILES string of the molecule is CCC1COc2c(cc(F)c3nc(N)sc23)O1. The van der Waals surface area contributed by atoms with Crippen LogP contribution in [-0.2, 0) is 0 Å². The van der Waals surface area contributed by atoms with Crippen LogP contribution in [0.5, 0.6) is 11.5 Å². The molecule has 0 aliphatic carbocycles. The third kappa shape index (κ3) is 1.59. The number of hydrogen-bond donors (Lipinski definition) is 1. The van der Waals surface area contributed by atoms with Gasteiger partial charge < -0.3 is 15.2 Å². The topological polar surface area (TPSA) is 57.4 Å². The summed E-state index contributed by atoms with van der Waals surface area (Å²) >= 11 is 1.21. The number of nitrogens with two attached hydrogens (primary N) is 1. The standard InChI is InChI=1S/C11H11FN2O2S/c1-2-5-4-15-9-7(16-5)3-6(12)8-10(9)17-11(13)14-8/h3,5H,2,4H2,1H3,(H2,13,14). The van der Waals surface area contributed by atoms with E-state index in [4.69, 9.17) is 15.2 Å². The minimum atomic E-state index is -0.424. The maximum absolute atomic E-state index is 13.8. The van der Waals surface area contributed by atoms with Gasteiger partial charge in [0.25, 0.3) is 0 Å². The number of fused-ring (bicyclic) bond motifs is 3. The number of anilines is 1. The molecule has 0 bridgehead atoms. The highest BCUT2D eigenvalue weighted by atomic mass is 32.1. The normalized spacial score (nSPS) is 18.6. The van der Waals surface area contributed by atoms with Crippen molar-refractivity contribution in [3.8, 4) is 11.5 Å². The number of benzene rings is 1. The smallest absolute Gasteiger partial charge is 0.181 e. The Labute approximate surface area is 101 Å². The van der Waals surface area contributed by atoms with Crippen LogP contribution < -0.4 is 15.2 Å². The Hall–Kier alpha value is -1.56. The van der Waals surface area contributed by atoms with Crippen molar-refractivity contribution < 1.29 is 13.9 Å². The van der Waals surface area contributed by atoms with Crippen LogP contribution >= 0.6 is 11.3 Å². The van der Waals surface area contributed by atoms with Crippen LogP contribution in [0.3, 0.4) is 0 Å². The third-order valence-electron chi connectivity index (χ3n) is 2.72. The number of hydrogen-bond acceptors (Lipinski definition) is 5. The first-order valence-electron chi connectivity index (χ1n) is 5.37. The Bertz CT molecular complexity index is 584. The van der Waals surface area contributed by atoms with E-state index in [1.165, 1.54) is 17.4 Å². The molecule has 1 unspecified atom stereocenters. The minimum absolute atomic E-state index is 0.0235. The first-order chi connectivity index (χ1) is 8.19. The third-order valence-corrected chi connectivity index (χ3v) is 3.60. The highest BCUT2D eigenvalue weighted by Crippen LogP contribution is 2.43. The van der Waals surface area contributed by atoms with Crippen LogP contribution in [-0.4, -0.2) is 17.7 Å². The average molecular weight is 254 g/mol. The maximum atomic E-state index is 13.8. The maximum Gasteiger partial charge on any atom is 0.181 e. The highest BCUT2D eigenvalue weighted by Gasteiger charge is 2.25. The number of nitrogens with zero attached hydrogens (tertiary/aromatic N) is 1. The molecule has 2 N–H and O–H groups in total. The summed E-state index contributed by atoms with van der Waals surface area (Å²) in [5.74, 6) is 0.573. The number of ether oxygens (including phenoxy) is 2. The van der Waals surface area contributed by atoms with E-state index in [-0.39, 0.29) is 11.6 Å². The molecule has 0 saturated heterocycles. The fraction of sp³-hybridized carbons (Fsp3) is 0.364. The lowest BCUT2D eigenvalue weighted by molar-refractivity contribution is 0.0898. The molecule has 2 aromatic rings. The first-order valence-corrected chi connectivity index (χ1v) is 6.18. The van der Waals surface area contributed by atoms with Gasteiger partial charge in [-0.05, 0) is 6.42 Å². The Balaban J connectivity index is 2.20. The second-order valence-electron chi connectivity index (χ2n) is 3.87.